The lowest BCUT2D eigenvalue weighted by molar-refractivity contribution is -0.193. The Kier molecular flexibility index (Phi) is 6.29. The molecule has 0 spiro atoms. The number of hydrogen-bond acceptors (Lipinski definition) is 8. The smallest absolute Gasteiger partial charge is 0.344 e. The van der Waals surface area contributed by atoms with Crippen LogP contribution < -0.4 is 0 Å². The molecular weight excluding hydrogens is 368 g/mol. The highest BCUT2D eigenvalue weighted by Gasteiger charge is 2.51. The van der Waals surface area contributed by atoms with E-state index in [1.165, 1.54) is 0 Å². The van der Waals surface area contributed by atoms with Gasteiger partial charge in [0.1, 0.15) is 6.10 Å². The first-order chi connectivity index (χ1) is 13.2. The molecule has 4 aliphatic rings. The first kappa shape index (κ1) is 21.0. The van der Waals surface area contributed by atoms with Crippen LogP contribution in [0.4, 0.5) is 0 Å². The fraction of sp³-hybridized carbons (Fsp3) is 0.850. The van der Waals surface area contributed by atoms with E-state index in [2.05, 4.69) is 0 Å². The molecular formula is C20H30O8. The minimum absolute atomic E-state index is 0.0948. The van der Waals surface area contributed by atoms with Crippen molar-refractivity contribution in [3.63, 3.8) is 0 Å². The van der Waals surface area contributed by atoms with Gasteiger partial charge in [-0.1, -0.05) is 6.92 Å². The molecule has 0 aromatic heterocycles. The van der Waals surface area contributed by atoms with Gasteiger partial charge in [-0.15, -0.1) is 0 Å². The Labute approximate surface area is 164 Å². The van der Waals surface area contributed by atoms with Gasteiger partial charge in [-0.3, -0.25) is 4.79 Å². The molecule has 28 heavy (non-hydrogen) atoms. The Morgan fingerprint density at radius 1 is 1.00 bits per heavy atom. The number of fused-ring (bicyclic) bond motifs is 1. The van der Waals surface area contributed by atoms with Gasteiger partial charge in [-0.2, -0.15) is 0 Å². The molecule has 5 unspecified atom stereocenters. The van der Waals surface area contributed by atoms with Crippen LogP contribution in [0.1, 0.15) is 52.9 Å². The van der Waals surface area contributed by atoms with Gasteiger partial charge in [0.05, 0.1) is 11.5 Å². The fourth-order valence-corrected chi connectivity index (χ4v) is 4.42. The third-order valence-electron chi connectivity index (χ3n) is 6.37. The van der Waals surface area contributed by atoms with E-state index in [1.807, 2.05) is 6.92 Å². The molecule has 6 atom stereocenters. The molecule has 4 fully saturated rings. The van der Waals surface area contributed by atoms with Crippen LogP contribution in [0.5, 0.6) is 0 Å². The Bertz CT molecular complexity index is 615. The Morgan fingerprint density at radius 3 is 2.39 bits per heavy atom. The average Bonchev–Trinajstić information content (AvgIpc) is 2.82. The summed E-state index contributed by atoms with van der Waals surface area (Å²) in [7, 11) is 0. The first-order valence-corrected chi connectivity index (χ1v) is 10.1. The van der Waals surface area contributed by atoms with Gasteiger partial charge < -0.3 is 24.1 Å². The standard InChI is InChI=1S/C20H30O8/c1-4-20(2,3)19(24)26-9-15(21)25-10-16(22)28-17-12-5-11-6-13(8-12)18(23)27-14(17)7-11/h11-14,17-18,23H,4-10H2,1-3H3/t11?,12?,13?,14?,17?,18-/m0/s1. The topological polar surface area (TPSA) is 108 Å². The summed E-state index contributed by atoms with van der Waals surface area (Å²) in [5.41, 5.74) is -0.679. The van der Waals surface area contributed by atoms with Crippen molar-refractivity contribution in [3.8, 4) is 0 Å². The molecule has 4 bridgehead atoms. The van der Waals surface area contributed by atoms with Crippen LogP contribution in [0.15, 0.2) is 0 Å². The summed E-state index contributed by atoms with van der Waals surface area (Å²) in [5, 5.41) is 10.1. The van der Waals surface area contributed by atoms with Crippen molar-refractivity contribution >= 4 is 17.9 Å². The van der Waals surface area contributed by atoms with Crippen LogP contribution in [0.2, 0.25) is 0 Å². The Hall–Kier alpha value is -1.67. The van der Waals surface area contributed by atoms with Crippen molar-refractivity contribution in [1.82, 2.24) is 0 Å². The second-order valence-electron chi connectivity index (χ2n) is 8.82. The predicted molar refractivity (Wildman–Crippen MR) is 95.7 cm³/mol. The van der Waals surface area contributed by atoms with Gasteiger partial charge >= 0.3 is 17.9 Å². The fourth-order valence-electron chi connectivity index (χ4n) is 4.42. The maximum absolute atomic E-state index is 12.2. The molecule has 2 heterocycles. The van der Waals surface area contributed by atoms with Crippen molar-refractivity contribution in [2.75, 3.05) is 13.2 Å². The first-order valence-electron chi connectivity index (χ1n) is 10.1. The number of esters is 3. The lowest BCUT2D eigenvalue weighted by Gasteiger charge is -2.42. The van der Waals surface area contributed by atoms with Crippen LogP contribution in [0.3, 0.4) is 0 Å². The third kappa shape index (κ3) is 4.66. The highest BCUT2D eigenvalue weighted by Crippen LogP contribution is 2.49. The second kappa shape index (κ2) is 8.37. The average molecular weight is 398 g/mol. The minimum Gasteiger partial charge on any atom is -0.457 e. The van der Waals surface area contributed by atoms with Crippen molar-refractivity contribution < 1.29 is 38.4 Å². The maximum atomic E-state index is 12.2. The number of ether oxygens (including phenoxy) is 4. The third-order valence-corrected chi connectivity index (χ3v) is 6.37. The van der Waals surface area contributed by atoms with E-state index in [0.29, 0.717) is 12.3 Å². The quantitative estimate of drug-likeness (QED) is 0.509. The Morgan fingerprint density at radius 2 is 1.68 bits per heavy atom. The summed E-state index contributed by atoms with van der Waals surface area (Å²) in [6.07, 6.45) is 2.49. The van der Waals surface area contributed by atoms with Gasteiger partial charge in [-0.25, -0.2) is 9.59 Å². The molecule has 4 rings (SSSR count). The summed E-state index contributed by atoms with van der Waals surface area (Å²) >= 11 is 0. The van der Waals surface area contributed by atoms with Crippen LogP contribution >= 0.6 is 0 Å². The van der Waals surface area contributed by atoms with Gasteiger partial charge in [0.15, 0.2) is 19.5 Å². The lowest BCUT2D eigenvalue weighted by Crippen LogP contribution is -2.45. The van der Waals surface area contributed by atoms with Crippen molar-refractivity contribution in [1.29, 1.82) is 0 Å². The number of carbonyl (C=O) groups excluding carboxylic acids is 3. The van der Waals surface area contributed by atoms with Crippen molar-refractivity contribution in [2.45, 2.75) is 71.4 Å². The van der Waals surface area contributed by atoms with Crippen LogP contribution in [-0.2, 0) is 33.3 Å². The van der Waals surface area contributed by atoms with Crippen molar-refractivity contribution in [3.05, 3.63) is 0 Å². The van der Waals surface area contributed by atoms with E-state index < -0.39 is 48.9 Å². The largest absolute Gasteiger partial charge is 0.457 e. The van der Waals surface area contributed by atoms with E-state index in [-0.39, 0.29) is 17.9 Å². The molecule has 0 aromatic carbocycles. The second-order valence-corrected chi connectivity index (χ2v) is 8.82. The Balaban J connectivity index is 1.43. The zero-order valence-corrected chi connectivity index (χ0v) is 16.7. The summed E-state index contributed by atoms with van der Waals surface area (Å²) in [6.45, 7) is 4.22. The van der Waals surface area contributed by atoms with Gasteiger partial charge in [0.2, 0.25) is 0 Å². The molecule has 2 aliphatic heterocycles. The van der Waals surface area contributed by atoms with E-state index in [4.69, 9.17) is 18.9 Å². The molecule has 0 amide bonds. The van der Waals surface area contributed by atoms with E-state index in [0.717, 1.165) is 25.7 Å². The van der Waals surface area contributed by atoms with E-state index in [1.54, 1.807) is 13.8 Å². The molecule has 158 valence electrons. The normalized spacial score (nSPS) is 33.9. The monoisotopic (exact) mass is 398 g/mol. The van der Waals surface area contributed by atoms with E-state index >= 15 is 0 Å². The van der Waals surface area contributed by atoms with Crippen LogP contribution in [0.25, 0.3) is 0 Å². The van der Waals surface area contributed by atoms with Crippen LogP contribution in [-0.4, -0.2) is 54.7 Å². The molecule has 0 radical (unpaired) electrons. The zero-order chi connectivity index (χ0) is 20.5. The molecule has 2 saturated heterocycles. The summed E-state index contributed by atoms with van der Waals surface area (Å²) in [4.78, 5) is 35.7. The summed E-state index contributed by atoms with van der Waals surface area (Å²) < 4.78 is 21.0. The van der Waals surface area contributed by atoms with Crippen LogP contribution in [0, 0.1) is 23.2 Å². The highest BCUT2D eigenvalue weighted by molar-refractivity contribution is 5.81. The minimum atomic E-state index is -0.804. The highest BCUT2D eigenvalue weighted by atomic mass is 16.6. The summed E-state index contributed by atoms with van der Waals surface area (Å²) in [6, 6.07) is 0. The molecule has 0 aromatic rings. The predicted octanol–water partition coefficient (Wildman–Crippen LogP) is 1.57. The van der Waals surface area contributed by atoms with Gasteiger partial charge in [0, 0.05) is 5.92 Å². The maximum Gasteiger partial charge on any atom is 0.344 e. The molecule has 1 N–H and O–H groups in total. The molecule has 2 aliphatic carbocycles. The van der Waals surface area contributed by atoms with Crippen molar-refractivity contribution in [2.24, 2.45) is 23.2 Å². The zero-order valence-electron chi connectivity index (χ0n) is 16.7. The molecule has 8 nitrogen and oxygen atoms in total. The SMILES string of the molecule is CCC(C)(C)C(=O)OCC(=O)OCC(=O)OC1C2CC3CC1O[C@H](O)C(C3)C2. The molecule has 2 saturated carbocycles. The number of aliphatic hydroxyl groups is 1. The number of rotatable bonds is 7. The van der Waals surface area contributed by atoms with Gasteiger partial charge in [0.25, 0.3) is 0 Å². The molecule has 8 heteroatoms. The number of hydrogen-bond donors (Lipinski definition) is 1. The summed E-state index contributed by atoms with van der Waals surface area (Å²) in [5.74, 6) is -1.19. The number of carbonyl (C=O) groups is 3. The lowest BCUT2D eigenvalue weighted by atomic mass is 9.67. The van der Waals surface area contributed by atoms with E-state index in [9.17, 15) is 19.5 Å². The van der Waals surface area contributed by atoms with Gasteiger partial charge in [-0.05, 0) is 57.8 Å². The number of aliphatic hydroxyl groups excluding tert-OH is 1.